The van der Waals surface area contributed by atoms with Crippen molar-refractivity contribution < 1.29 is 22.8 Å². The van der Waals surface area contributed by atoms with Crippen molar-refractivity contribution in [3.8, 4) is 0 Å². The molecule has 0 amide bonds. The average molecular weight is 210 g/mol. The summed E-state index contributed by atoms with van der Waals surface area (Å²) in [6.45, 7) is 3.05. The summed E-state index contributed by atoms with van der Waals surface area (Å²) in [5.74, 6) is 0. The Morgan fingerprint density at radius 2 is 2.08 bits per heavy atom. The summed E-state index contributed by atoms with van der Waals surface area (Å²) >= 11 is 0. The summed E-state index contributed by atoms with van der Waals surface area (Å²) in [5, 5.41) is 6.80. The summed E-state index contributed by atoms with van der Waals surface area (Å²) in [6.07, 6.45) is 2.93. The number of hydrogen-bond donors (Lipinski definition) is 2. The highest BCUT2D eigenvalue weighted by atomic mass is 32.2. The lowest BCUT2D eigenvalue weighted by Crippen LogP contribution is -2.40. The quantitative estimate of drug-likeness (QED) is 0.392. The Labute approximate surface area is 77.8 Å². The first-order chi connectivity index (χ1) is 5.87. The van der Waals surface area contributed by atoms with Crippen molar-refractivity contribution in [3.05, 3.63) is 12.2 Å². The molecule has 0 aromatic heterocycles. The van der Waals surface area contributed by atoms with Crippen LogP contribution in [0.15, 0.2) is 12.2 Å². The molecule has 0 radical (unpaired) electrons. The van der Waals surface area contributed by atoms with Gasteiger partial charge in [-0.05, 0) is 6.92 Å². The van der Waals surface area contributed by atoms with Crippen LogP contribution < -0.4 is 0 Å². The molecule has 1 atom stereocenters. The first-order valence-electron chi connectivity index (χ1n) is 3.82. The first kappa shape index (κ1) is 12.6. The number of rotatable bonds is 5. The second kappa shape index (κ2) is 4.71. The molecule has 13 heavy (non-hydrogen) atoms. The second-order valence-corrected chi connectivity index (χ2v) is 4.01. The molecule has 0 saturated heterocycles. The topological polar surface area (TPSA) is 83.8 Å². The van der Waals surface area contributed by atoms with Crippen LogP contribution >= 0.6 is 0 Å². The van der Waals surface area contributed by atoms with Crippen molar-refractivity contribution in [1.82, 2.24) is 0 Å². The highest BCUT2D eigenvalue weighted by Gasteiger charge is 2.40. The Balaban J connectivity index is 4.48. The molecule has 0 bridgehead atoms. The van der Waals surface area contributed by atoms with E-state index < -0.39 is 15.2 Å². The van der Waals surface area contributed by atoms with E-state index in [1.807, 2.05) is 0 Å². The van der Waals surface area contributed by atoms with Crippen molar-refractivity contribution in [2.24, 2.45) is 0 Å². The molecule has 0 aliphatic heterocycles. The molecule has 0 spiro atoms. The van der Waals surface area contributed by atoms with E-state index in [-0.39, 0.29) is 13.0 Å². The van der Waals surface area contributed by atoms with Crippen LogP contribution in [-0.4, -0.2) is 29.8 Å². The minimum Gasteiger partial charge on any atom is -0.352 e. The Bertz CT molecular complexity index is 269. The Hall–Kier alpha value is -0.430. The van der Waals surface area contributed by atoms with E-state index in [9.17, 15) is 13.5 Å². The fraction of sp³-hybridized carbons (Fsp3) is 0.714. The lowest BCUT2D eigenvalue weighted by molar-refractivity contribution is -0.135. The Morgan fingerprint density at radius 1 is 1.54 bits per heavy atom. The van der Waals surface area contributed by atoms with Gasteiger partial charge in [-0.3, -0.25) is 4.55 Å². The van der Waals surface area contributed by atoms with Crippen molar-refractivity contribution in [2.45, 2.75) is 25.4 Å². The second-order valence-electron chi connectivity index (χ2n) is 2.42. The molecule has 0 saturated carbocycles. The maximum atomic E-state index is 10.6. The van der Waals surface area contributed by atoms with E-state index in [4.69, 9.17) is 4.55 Å². The van der Waals surface area contributed by atoms with Crippen LogP contribution in [-0.2, 0) is 14.9 Å². The zero-order valence-electron chi connectivity index (χ0n) is 7.60. The molecule has 0 rings (SSSR count). The van der Waals surface area contributed by atoms with Gasteiger partial charge in [-0.25, -0.2) is 0 Å². The molecule has 0 fully saturated rings. The number of allylic oxidation sites excluding steroid dienone is 1. The average Bonchev–Trinajstić information content (AvgIpc) is 2.02. The van der Waals surface area contributed by atoms with Gasteiger partial charge >= 0.3 is 10.1 Å². The summed E-state index contributed by atoms with van der Waals surface area (Å²) in [6, 6.07) is 0. The smallest absolute Gasteiger partial charge is 0.321 e. The fourth-order valence-corrected chi connectivity index (χ4v) is 1.22. The van der Waals surface area contributed by atoms with Gasteiger partial charge in [-0.15, -0.1) is 0 Å². The van der Waals surface area contributed by atoms with Gasteiger partial charge in [-0.2, -0.15) is 8.42 Å². The molecule has 0 aliphatic carbocycles. The van der Waals surface area contributed by atoms with E-state index in [0.717, 1.165) is 0 Å². The molecule has 0 aromatic carbocycles. The predicted octanol–water partition coefficient (Wildman–Crippen LogP) is 0.523. The lowest BCUT2D eigenvalue weighted by Gasteiger charge is -2.22. The molecular formula is C7H14O5S. The van der Waals surface area contributed by atoms with Gasteiger partial charge in [0.05, 0.1) is 6.61 Å². The van der Waals surface area contributed by atoms with E-state index >= 15 is 0 Å². The van der Waals surface area contributed by atoms with Crippen LogP contribution in [0, 0.1) is 0 Å². The van der Waals surface area contributed by atoms with Gasteiger partial charge in [0.25, 0.3) is 5.12 Å². The van der Waals surface area contributed by atoms with Gasteiger partial charge in [0.2, 0.25) is 0 Å². The van der Waals surface area contributed by atoms with E-state index in [0.29, 0.717) is 0 Å². The van der Waals surface area contributed by atoms with E-state index in [2.05, 4.69) is 4.74 Å². The van der Waals surface area contributed by atoms with Gasteiger partial charge in [0.1, 0.15) is 0 Å². The SMILES string of the molecule is CC=CCOC(O)(CC)S(=O)(=O)O. The van der Waals surface area contributed by atoms with Crippen LogP contribution in [0.2, 0.25) is 0 Å². The summed E-state index contributed by atoms with van der Waals surface area (Å²) in [7, 11) is -4.60. The molecule has 2 N–H and O–H groups in total. The summed E-state index contributed by atoms with van der Waals surface area (Å²) in [5.41, 5.74) is 0. The number of ether oxygens (including phenoxy) is 1. The molecule has 0 heterocycles. The third kappa shape index (κ3) is 3.43. The summed E-state index contributed by atoms with van der Waals surface area (Å²) in [4.78, 5) is 0. The maximum absolute atomic E-state index is 10.6. The van der Waals surface area contributed by atoms with Crippen molar-refractivity contribution in [3.63, 3.8) is 0 Å². The minimum absolute atomic E-state index is 0.0688. The number of aliphatic hydroxyl groups is 1. The molecule has 5 nitrogen and oxygen atoms in total. The monoisotopic (exact) mass is 210 g/mol. The van der Waals surface area contributed by atoms with Crippen molar-refractivity contribution in [2.75, 3.05) is 6.61 Å². The van der Waals surface area contributed by atoms with Gasteiger partial charge in [0.15, 0.2) is 0 Å². The van der Waals surface area contributed by atoms with Crippen LogP contribution in [0.5, 0.6) is 0 Å². The zero-order chi connectivity index (χ0) is 10.5. The minimum atomic E-state index is -4.60. The molecule has 0 aromatic rings. The fourth-order valence-electron chi connectivity index (χ4n) is 0.633. The highest BCUT2D eigenvalue weighted by molar-refractivity contribution is 7.86. The summed E-state index contributed by atoms with van der Waals surface area (Å²) < 4.78 is 34.5. The first-order valence-corrected chi connectivity index (χ1v) is 5.26. The molecular weight excluding hydrogens is 196 g/mol. The van der Waals surface area contributed by atoms with E-state index in [1.54, 1.807) is 13.0 Å². The van der Waals surface area contributed by atoms with Crippen LogP contribution in [0.3, 0.4) is 0 Å². The normalized spacial score (nSPS) is 17.5. The molecule has 78 valence electrons. The van der Waals surface area contributed by atoms with Gasteiger partial charge in [0, 0.05) is 6.42 Å². The third-order valence-electron chi connectivity index (χ3n) is 1.49. The van der Waals surface area contributed by atoms with E-state index in [1.165, 1.54) is 13.0 Å². The predicted molar refractivity (Wildman–Crippen MR) is 47.6 cm³/mol. The van der Waals surface area contributed by atoms with Crippen molar-refractivity contribution >= 4 is 10.1 Å². The zero-order valence-corrected chi connectivity index (χ0v) is 8.41. The highest BCUT2D eigenvalue weighted by Crippen LogP contribution is 2.18. The molecule has 6 heteroatoms. The van der Waals surface area contributed by atoms with Gasteiger partial charge < -0.3 is 9.84 Å². The van der Waals surface area contributed by atoms with Crippen LogP contribution in [0.1, 0.15) is 20.3 Å². The van der Waals surface area contributed by atoms with Crippen molar-refractivity contribution in [1.29, 1.82) is 0 Å². The lowest BCUT2D eigenvalue weighted by atomic mass is 10.4. The largest absolute Gasteiger partial charge is 0.352 e. The third-order valence-corrected chi connectivity index (χ3v) is 2.70. The molecule has 1 unspecified atom stereocenters. The Kier molecular flexibility index (Phi) is 4.55. The van der Waals surface area contributed by atoms with Crippen LogP contribution in [0.4, 0.5) is 0 Å². The van der Waals surface area contributed by atoms with Crippen LogP contribution in [0.25, 0.3) is 0 Å². The Morgan fingerprint density at radius 3 is 2.38 bits per heavy atom. The number of hydrogen-bond acceptors (Lipinski definition) is 4. The standard InChI is InChI=1S/C7H14O5S/c1-3-5-6-12-7(8,4-2)13(9,10)11/h3,5,8H,4,6H2,1-2H3,(H,9,10,11). The van der Waals surface area contributed by atoms with Gasteiger partial charge in [-0.1, -0.05) is 19.1 Å². The maximum Gasteiger partial charge on any atom is 0.321 e. The molecule has 0 aliphatic rings.